The van der Waals surface area contributed by atoms with E-state index in [1.165, 1.54) is 25.7 Å². The maximum Gasteiger partial charge on any atom is 0.438 e. The average molecular weight is 333 g/mol. The minimum absolute atomic E-state index is 0.131. The van der Waals surface area contributed by atoms with Gasteiger partial charge in [-0.2, -0.15) is 0 Å². The second-order valence-corrected chi connectivity index (χ2v) is 7.09. The van der Waals surface area contributed by atoms with E-state index in [0.717, 1.165) is 10.5 Å². The minimum atomic E-state index is -0.623. The number of thioether (sulfide) groups is 1. The molecule has 23 heavy (non-hydrogen) atoms. The Kier molecular flexibility index (Phi) is 4.85. The zero-order chi connectivity index (χ0) is 16.2. The highest BCUT2D eigenvalue weighted by Gasteiger charge is 2.20. The predicted octanol–water partition coefficient (Wildman–Crippen LogP) is 2.64. The molecule has 0 spiro atoms. The van der Waals surface area contributed by atoms with E-state index in [2.05, 4.69) is 20.0 Å². The summed E-state index contributed by atoms with van der Waals surface area (Å²) in [6, 6.07) is 5.95. The molecule has 1 aliphatic rings. The van der Waals surface area contributed by atoms with Gasteiger partial charge >= 0.3 is 5.76 Å². The molecule has 1 aliphatic carbocycles. The molecule has 122 valence electrons. The number of aryl methyl sites for hydroxylation is 1. The lowest BCUT2D eigenvalue weighted by Crippen LogP contribution is -2.24. The lowest BCUT2D eigenvalue weighted by Gasteiger charge is -2.13. The van der Waals surface area contributed by atoms with Crippen LogP contribution < -0.4 is 11.1 Å². The number of amides is 1. The van der Waals surface area contributed by atoms with E-state index in [1.54, 1.807) is 11.8 Å². The second kappa shape index (κ2) is 7.04. The lowest BCUT2D eigenvalue weighted by molar-refractivity contribution is 0.0946. The second-order valence-electron chi connectivity index (χ2n) is 5.75. The number of nitrogens with zero attached hydrogens (tertiary/aromatic N) is 1. The van der Waals surface area contributed by atoms with Crippen LogP contribution in [-0.2, 0) is 6.54 Å². The van der Waals surface area contributed by atoms with Gasteiger partial charge < -0.3 is 5.32 Å². The fourth-order valence-corrected chi connectivity index (χ4v) is 4.06. The molecule has 0 saturated heterocycles. The zero-order valence-electron chi connectivity index (χ0n) is 12.9. The molecule has 0 radical (unpaired) electrons. The third-order valence-electron chi connectivity index (χ3n) is 3.88. The smallest absolute Gasteiger partial charge is 0.345 e. The molecule has 0 bridgehead atoms. The Morgan fingerprint density at radius 3 is 2.91 bits per heavy atom. The van der Waals surface area contributed by atoms with Crippen LogP contribution >= 0.6 is 11.8 Å². The minimum Gasteiger partial charge on any atom is -0.345 e. The van der Waals surface area contributed by atoms with Crippen molar-refractivity contribution in [2.45, 2.75) is 49.3 Å². The summed E-state index contributed by atoms with van der Waals surface area (Å²) in [5.41, 5.74) is 1.72. The first-order valence-corrected chi connectivity index (χ1v) is 8.60. The number of aromatic nitrogens is 2. The molecule has 1 fully saturated rings. The predicted molar refractivity (Wildman–Crippen MR) is 87.6 cm³/mol. The van der Waals surface area contributed by atoms with Crippen molar-refractivity contribution in [2.24, 2.45) is 0 Å². The van der Waals surface area contributed by atoms with Crippen LogP contribution in [0, 0.1) is 6.92 Å². The molecule has 7 heteroatoms. The summed E-state index contributed by atoms with van der Waals surface area (Å²) >= 11 is 1.79. The van der Waals surface area contributed by atoms with Gasteiger partial charge in [0.25, 0.3) is 5.91 Å². The van der Waals surface area contributed by atoms with E-state index in [0.29, 0.717) is 16.6 Å². The van der Waals surface area contributed by atoms with Crippen LogP contribution in [0.1, 0.15) is 47.4 Å². The Morgan fingerprint density at radius 1 is 1.43 bits per heavy atom. The standard InChI is InChI=1S/C16H19N3O3S/c1-10-6-7-13(23-11-4-2-3-5-11)12(8-10)15(20)17-9-14-18-16(21)22-19-14/h6-8,11H,2-5,9H2,1H3,(H,17,20)(H,18,19,21). The molecule has 1 aromatic carbocycles. The van der Waals surface area contributed by atoms with Gasteiger partial charge in [-0.05, 0) is 31.9 Å². The van der Waals surface area contributed by atoms with Crippen LogP contribution in [0.15, 0.2) is 32.4 Å². The topological polar surface area (TPSA) is 88.0 Å². The van der Waals surface area contributed by atoms with Crippen LogP contribution in [0.5, 0.6) is 0 Å². The number of benzene rings is 1. The molecule has 1 heterocycles. The molecule has 1 saturated carbocycles. The van der Waals surface area contributed by atoms with E-state index in [1.807, 2.05) is 25.1 Å². The van der Waals surface area contributed by atoms with Crippen molar-refractivity contribution in [1.82, 2.24) is 15.5 Å². The summed E-state index contributed by atoms with van der Waals surface area (Å²) in [6.45, 7) is 2.10. The molecular formula is C16H19N3O3S. The molecule has 0 unspecified atom stereocenters. The summed E-state index contributed by atoms with van der Waals surface area (Å²) in [5.74, 6) is -0.485. The number of carbonyl (C=O) groups is 1. The molecule has 1 amide bonds. The van der Waals surface area contributed by atoms with Crippen LogP contribution in [0.4, 0.5) is 0 Å². The largest absolute Gasteiger partial charge is 0.438 e. The molecule has 0 atom stereocenters. The van der Waals surface area contributed by atoms with Crippen molar-refractivity contribution < 1.29 is 9.32 Å². The van der Waals surface area contributed by atoms with Gasteiger partial charge in [-0.25, -0.2) is 4.79 Å². The maximum absolute atomic E-state index is 12.5. The van der Waals surface area contributed by atoms with Gasteiger partial charge in [-0.15, -0.1) is 11.8 Å². The SMILES string of the molecule is Cc1ccc(SC2CCCC2)c(C(=O)NCc2noc(=O)[nH]2)c1. The molecule has 3 rings (SSSR count). The van der Waals surface area contributed by atoms with E-state index in [9.17, 15) is 9.59 Å². The first kappa shape index (κ1) is 15.9. The highest BCUT2D eigenvalue weighted by molar-refractivity contribution is 8.00. The van der Waals surface area contributed by atoms with Crippen molar-refractivity contribution >= 4 is 17.7 Å². The fourth-order valence-electron chi connectivity index (χ4n) is 2.71. The van der Waals surface area contributed by atoms with Gasteiger partial charge in [0.05, 0.1) is 12.1 Å². The van der Waals surface area contributed by atoms with E-state index in [4.69, 9.17) is 0 Å². The summed E-state index contributed by atoms with van der Waals surface area (Å²) in [6.07, 6.45) is 4.95. The van der Waals surface area contributed by atoms with E-state index < -0.39 is 5.76 Å². The monoisotopic (exact) mass is 333 g/mol. The van der Waals surface area contributed by atoms with E-state index in [-0.39, 0.29) is 12.5 Å². The summed E-state index contributed by atoms with van der Waals surface area (Å²) < 4.78 is 4.42. The van der Waals surface area contributed by atoms with Crippen LogP contribution in [-0.4, -0.2) is 21.3 Å². The van der Waals surface area contributed by atoms with Gasteiger partial charge in [0.1, 0.15) is 0 Å². The number of aromatic amines is 1. The number of carbonyl (C=O) groups excluding carboxylic acids is 1. The highest BCUT2D eigenvalue weighted by atomic mass is 32.2. The number of H-pyrrole nitrogens is 1. The van der Waals surface area contributed by atoms with Gasteiger partial charge in [0.2, 0.25) is 0 Å². The Morgan fingerprint density at radius 2 is 2.22 bits per heavy atom. The molecule has 2 N–H and O–H groups in total. The number of nitrogens with one attached hydrogen (secondary N) is 2. The summed E-state index contributed by atoms with van der Waals surface area (Å²) in [5, 5.41) is 6.91. The zero-order valence-corrected chi connectivity index (χ0v) is 13.7. The van der Waals surface area contributed by atoms with E-state index >= 15 is 0 Å². The Hall–Kier alpha value is -2.02. The first-order valence-electron chi connectivity index (χ1n) is 7.72. The number of rotatable bonds is 5. The first-order chi connectivity index (χ1) is 11.1. The van der Waals surface area contributed by atoms with Gasteiger partial charge in [-0.3, -0.25) is 14.3 Å². The normalized spacial score (nSPS) is 15.0. The van der Waals surface area contributed by atoms with Crippen molar-refractivity contribution in [3.05, 3.63) is 45.7 Å². The van der Waals surface area contributed by atoms with Crippen LogP contribution in [0.25, 0.3) is 0 Å². The van der Waals surface area contributed by atoms with Crippen molar-refractivity contribution in [3.8, 4) is 0 Å². The fraction of sp³-hybridized carbons (Fsp3) is 0.438. The number of hydrogen-bond acceptors (Lipinski definition) is 5. The molecule has 1 aromatic heterocycles. The molecular weight excluding hydrogens is 314 g/mol. The van der Waals surface area contributed by atoms with Gasteiger partial charge in [0.15, 0.2) is 5.82 Å². The quantitative estimate of drug-likeness (QED) is 0.878. The Balaban J connectivity index is 1.72. The van der Waals surface area contributed by atoms with Crippen LogP contribution in [0.3, 0.4) is 0 Å². The Labute approximate surface area is 138 Å². The van der Waals surface area contributed by atoms with Gasteiger partial charge in [-0.1, -0.05) is 29.6 Å². The third-order valence-corrected chi connectivity index (χ3v) is 5.29. The van der Waals surface area contributed by atoms with Crippen LogP contribution in [0.2, 0.25) is 0 Å². The maximum atomic E-state index is 12.5. The number of hydrogen-bond donors (Lipinski definition) is 2. The van der Waals surface area contributed by atoms with Crippen molar-refractivity contribution in [2.75, 3.05) is 0 Å². The van der Waals surface area contributed by atoms with Gasteiger partial charge in [0, 0.05) is 10.1 Å². The molecule has 2 aromatic rings. The summed E-state index contributed by atoms with van der Waals surface area (Å²) in [7, 11) is 0. The summed E-state index contributed by atoms with van der Waals surface area (Å²) in [4.78, 5) is 26.8. The molecule has 6 nitrogen and oxygen atoms in total. The van der Waals surface area contributed by atoms with Crippen molar-refractivity contribution in [1.29, 1.82) is 0 Å². The Bertz CT molecular complexity index is 747. The van der Waals surface area contributed by atoms with Crippen molar-refractivity contribution in [3.63, 3.8) is 0 Å². The third kappa shape index (κ3) is 4.04. The lowest BCUT2D eigenvalue weighted by atomic mass is 10.1. The average Bonchev–Trinajstić information content (AvgIpc) is 3.18. The molecule has 0 aliphatic heterocycles. The highest BCUT2D eigenvalue weighted by Crippen LogP contribution is 2.36.